The van der Waals surface area contributed by atoms with Crippen molar-refractivity contribution in [3.63, 3.8) is 0 Å². The number of hydrogen-bond donors (Lipinski definition) is 1. The Morgan fingerprint density at radius 2 is 1.86 bits per heavy atom. The number of fused-ring (bicyclic) bond motifs is 1. The van der Waals surface area contributed by atoms with Gasteiger partial charge >= 0.3 is 0 Å². The van der Waals surface area contributed by atoms with Crippen molar-refractivity contribution in [3.8, 4) is 0 Å². The SMILES string of the molecule is CN(c1ccc(Cl)cc1)C(CN)Cc1csc2ccccc12. The number of thiophene rings is 1. The molecule has 2 N–H and O–H groups in total. The average Bonchev–Trinajstić information content (AvgIpc) is 2.96. The summed E-state index contributed by atoms with van der Waals surface area (Å²) in [5.74, 6) is 0. The second-order valence-corrected chi connectivity index (χ2v) is 6.79. The molecule has 1 aromatic heterocycles. The van der Waals surface area contributed by atoms with Crippen molar-refractivity contribution in [1.82, 2.24) is 0 Å². The van der Waals surface area contributed by atoms with Gasteiger partial charge in [0.2, 0.25) is 0 Å². The van der Waals surface area contributed by atoms with Crippen molar-refractivity contribution in [2.24, 2.45) is 5.73 Å². The molecule has 1 atom stereocenters. The van der Waals surface area contributed by atoms with E-state index in [1.165, 1.54) is 15.6 Å². The molecule has 1 heterocycles. The first-order valence-corrected chi connectivity index (χ1v) is 8.58. The summed E-state index contributed by atoms with van der Waals surface area (Å²) in [7, 11) is 2.09. The van der Waals surface area contributed by atoms with E-state index in [-0.39, 0.29) is 6.04 Å². The molecule has 0 aliphatic rings. The highest BCUT2D eigenvalue weighted by atomic mass is 35.5. The average molecular weight is 331 g/mol. The Bertz CT molecular complexity index is 751. The van der Waals surface area contributed by atoms with Crippen LogP contribution in [-0.4, -0.2) is 19.6 Å². The van der Waals surface area contributed by atoms with Gasteiger partial charge in [0.05, 0.1) is 0 Å². The Morgan fingerprint density at radius 3 is 2.59 bits per heavy atom. The molecule has 0 radical (unpaired) electrons. The lowest BCUT2D eigenvalue weighted by molar-refractivity contribution is 0.637. The van der Waals surface area contributed by atoms with E-state index >= 15 is 0 Å². The van der Waals surface area contributed by atoms with Gasteiger partial charge in [-0.25, -0.2) is 0 Å². The van der Waals surface area contributed by atoms with E-state index in [9.17, 15) is 0 Å². The van der Waals surface area contributed by atoms with Crippen LogP contribution in [0.4, 0.5) is 5.69 Å². The first kappa shape index (κ1) is 15.3. The fourth-order valence-corrected chi connectivity index (χ4v) is 3.81. The van der Waals surface area contributed by atoms with E-state index in [1.807, 2.05) is 24.3 Å². The molecule has 3 rings (SSSR count). The molecule has 0 aliphatic heterocycles. The third-order valence-corrected chi connectivity index (χ3v) is 5.33. The molecule has 1 unspecified atom stereocenters. The third kappa shape index (κ3) is 3.12. The molecule has 0 bridgehead atoms. The standard InChI is InChI=1S/C18H19ClN2S/c1-21(15-8-6-14(19)7-9-15)16(11-20)10-13-12-22-18-5-3-2-4-17(13)18/h2-9,12,16H,10-11,20H2,1H3. The van der Waals surface area contributed by atoms with Crippen LogP contribution in [0.2, 0.25) is 5.02 Å². The maximum Gasteiger partial charge on any atom is 0.0449 e. The summed E-state index contributed by atoms with van der Waals surface area (Å²) in [6.45, 7) is 0.614. The molecular formula is C18H19ClN2S. The minimum Gasteiger partial charge on any atom is -0.370 e. The second kappa shape index (κ2) is 6.69. The fraction of sp³-hybridized carbons (Fsp3) is 0.222. The monoisotopic (exact) mass is 330 g/mol. The molecule has 0 spiro atoms. The number of hydrogen-bond acceptors (Lipinski definition) is 3. The Morgan fingerprint density at radius 1 is 1.14 bits per heavy atom. The van der Waals surface area contributed by atoms with Gasteiger partial charge < -0.3 is 10.6 Å². The molecule has 2 aromatic carbocycles. The van der Waals surface area contributed by atoms with Crippen LogP contribution in [-0.2, 0) is 6.42 Å². The number of anilines is 1. The summed E-state index contributed by atoms with van der Waals surface area (Å²) in [5.41, 5.74) is 8.55. The van der Waals surface area contributed by atoms with Gasteiger partial charge in [-0.3, -0.25) is 0 Å². The minimum atomic E-state index is 0.263. The number of rotatable bonds is 5. The van der Waals surface area contributed by atoms with Gasteiger partial charge in [0, 0.05) is 35.0 Å². The van der Waals surface area contributed by atoms with E-state index in [0.717, 1.165) is 17.1 Å². The Balaban J connectivity index is 1.83. The van der Waals surface area contributed by atoms with Crippen molar-refractivity contribution in [2.45, 2.75) is 12.5 Å². The van der Waals surface area contributed by atoms with Gasteiger partial charge in [-0.1, -0.05) is 29.8 Å². The number of benzene rings is 2. The number of halogens is 1. The van der Waals surface area contributed by atoms with Crippen LogP contribution in [0, 0.1) is 0 Å². The van der Waals surface area contributed by atoms with Gasteiger partial charge in [0.15, 0.2) is 0 Å². The molecule has 3 aromatic rings. The lowest BCUT2D eigenvalue weighted by atomic mass is 10.0. The molecule has 0 saturated heterocycles. The molecule has 0 saturated carbocycles. The van der Waals surface area contributed by atoms with Crippen LogP contribution in [0.25, 0.3) is 10.1 Å². The van der Waals surface area contributed by atoms with Crippen LogP contribution in [0.3, 0.4) is 0 Å². The molecule has 22 heavy (non-hydrogen) atoms. The van der Waals surface area contributed by atoms with Crippen molar-refractivity contribution in [3.05, 3.63) is 64.5 Å². The summed E-state index contributed by atoms with van der Waals surface area (Å²) < 4.78 is 1.34. The highest BCUT2D eigenvalue weighted by Crippen LogP contribution is 2.28. The van der Waals surface area contributed by atoms with Gasteiger partial charge in [0.25, 0.3) is 0 Å². The summed E-state index contributed by atoms with van der Waals surface area (Å²) >= 11 is 7.77. The van der Waals surface area contributed by atoms with E-state index < -0.39 is 0 Å². The quantitative estimate of drug-likeness (QED) is 0.743. The molecule has 114 valence electrons. The highest BCUT2D eigenvalue weighted by Gasteiger charge is 2.16. The highest BCUT2D eigenvalue weighted by molar-refractivity contribution is 7.17. The summed E-state index contributed by atoms with van der Waals surface area (Å²) in [6.07, 6.45) is 0.944. The zero-order valence-electron chi connectivity index (χ0n) is 12.5. The Kier molecular flexibility index (Phi) is 4.67. The van der Waals surface area contributed by atoms with Gasteiger partial charge in [-0.2, -0.15) is 0 Å². The largest absolute Gasteiger partial charge is 0.370 e. The molecule has 0 aliphatic carbocycles. The van der Waals surface area contributed by atoms with Crippen molar-refractivity contribution in [1.29, 1.82) is 0 Å². The fourth-order valence-electron chi connectivity index (χ4n) is 2.71. The first-order valence-electron chi connectivity index (χ1n) is 7.32. The van der Waals surface area contributed by atoms with Crippen LogP contribution < -0.4 is 10.6 Å². The van der Waals surface area contributed by atoms with Gasteiger partial charge in [-0.15, -0.1) is 11.3 Å². The van der Waals surface area contributed by atoms with Crippen molar-refractivity contribution >= 4 is 38.7 Å². The van der Waals surface area contributed by atoms with Crippen molar-refractivity contribution < 1.29 is 0 Å². The Labute approximate surface area is 140 Å². The maximum atomic E-state index is 6.04. The van der Waals surface area contributed by atoms with E-state index in [4.69, 9.17) is 17.3 Å². The molecule has 4 heteroatoms. The number of likely N-dealkylation sites (N-methyl/N-ethyl adjacent to an activating group) is 1. The number of nitrogens with zero attached hydrogens (tertiary/aromatic N) is 1. The van der Waals surface area contributed by atoms with Crippen LogP contribution in [0.1, 0.15) is 5.56 Å². The smallest absolute Gasteiger partial charge is 0.0449 e. The Hall–Kier alpha value is -1.55. The third-order valence-electron chi connectivity index (χ3n) is 4.07. The zero-order valence-corrected chi connectivity index (χ0v) is 14.1. The predicted molar refractivity (Wildman–Crippen MR) is 98.2 cm³/mol. The lowest BCUT2D eigenvalue weighted by Crippen LogP contribution is -2.39. The summed E-state index contributed by atoms with van der Waals surface area (Å²) in [6, 6.07) is 16.7. The van der Waals surface area contributed by atoms with E-state index in [2.05, 4.69) is 41.6 Å². The normalized spacial score (nSPS) is 12.5. The first-order chi connectivity index (χ1) is 10.7. The van der Waals surface area contributed by atoms with Gasteiger partial charge in [-0.05, 0) is 53.1 Å². The van der Waals surface area contributed by atoms with Crippen LogP contribution in [0.5, 0.6) is 0 Å². The minimum absolute atomic E-state index is 0.263. The number of nitrogens with two attached hydrogens (primary N) is 1. The molecule has 0 amide bonds. The maximum absolute atomic E-state index is 6.04. The van der Waals surface area contributed by atoms with Gasteiger partial charge in [0.1, 0.15) is 0 Å². The van der Waals surface area contributed by atoms with E-state index in [0.29, 0.717) is 6.54 Å². The lowest BCUT2D eigenvalue weighted by Gasteiger charge is -2.29. The summed E-state index contributed by atoms with van der Waals surface area (Å²) in [5, 5.41) is 4.35. The van der Waals surface area contributed by atoms with Crippen LogP contribution >= 0.6 is 22.9 Å². The molecular weight excluding hydrogens is 312 g/mol. The zero-order chi connectivity index (χ0) is 15.5. The molecule has 0 fully saturated rings. The second-order valence-electron chi connectivity index (χ2n) is 5.44. The predicted octanol–water partition coefficient (Wildman–Crippen LogP) is 4.56. The summed E-state index contributed by atoms with van der Waals surface area (Å²) in [4.78, 5) is 2.24. The molecule has 2 nitrogen and oxygen atoms in total. The van der Waals surface area contributed by atoms with Crippen molar-refractivity contribution in [2.75, 3.05) is 18.5 Å². The van der Waals surface area contributed by atoms with E-state index in [1.54, 1.807) is 11.3 Å². The van der Waals surface area contributed by atoms with Crippen LogP contribution in [0.15, 0.2) is 53.9 Å². The topological polar surface area (TPSA) is 29.3 Å².